The Bertz CT molecular complexity index is 741. The molecule has 3 nitrogen and oxygen atoms in total. The topological polar surface area (TPSA) is 32.7 Å². The summed E-state index contributed by atoms with van der Waals surface area (Å²) in [4.78, 5) is 12.2. The number of carbonyl (C=O) groups is 1. The van der Waals surface area contributed by atoms with Gasteiger partial charge in [-0.05, 0) is 35.4 Å². The summed E-state index contributed by atoms with van der Waals surface area (Å²) < 4.78 is 13.1. The van der Waals surface area contributed by atoms with Crippen LogP contribution in [0.1, 0.15) is 36.9 Å². The maximum atomic E-state index is 13.1. The van der Waals surface area contributed by atoms with Gasteiger partial charge in [0.2, 0.25) is 5.91 Å². The Labute approximate surface area is 139 Å². The molecule has 0 spiro atoms. The number of benzene rings is 2. The lowest BCUT2D eigenvalue weighted by Gasteiger charge is -2.21. The Morgan fingerprint density at radius 1 is 1.22 bits per heavy atom. The van der Waals surface area contributed by atoms with E-state index in [0.29, 0.717) is 17.9 Å². The summed E-state index contributed by atoms with van der Waals surface area (Å²) in [6.07, 6.45) is 0.975. The molecule has 1 aliphatic heterocycles. The number of nitrogens with zero attached hydrogens (tertiary/aromatic N) is 2. The molecule has 2 aromatic rings. The average molecular weight is 331 g/mol. The second-order valence-corrected chi connectivity index (χ2v) is 5.85. The first-order valence-electron chi connectivity index (χ1n) is 7.49. The second-order valence-electron chi connectivity index (χ2n) is 5.42. The summed E-state index contributed by atoms with van der Waals surface area (Å²) in [5.74, 6) is -0.329. The van der Waals surface area contributed by atoms with Crippen LogP contribution >= 0.6 is 11.6 Å². The van der Waals surface area contributed by atoms with Gasteiger partial charge in [0.05, 0.1) is 11.8 Å². The van der Waals surface area contributed by atoms with Gasteiger partial charge in [0.15, 0.2) is 0 Å². The standard InChI is InChI=1S/C18H16ClFN2O/c1-2-18(23)22-17(13-3-7-14(19)8-4-13)11-16(21-22)12-5-9-15(20)10-6-12/h3-10,17H,2,11H2,1H3. The molecule has 118 valence electrons. The van der Waals surface area contributed by atoms with Gasteiger partial charge >= 0.3 is 0 Å². The number of rotatable bonds is 3. The molecule has 1 unspecified atom stereocenters. The molecule has 5 heteroatoms. The summed E-state index contributed by atoms with van der Waals surface area (Å²) in [7, 11) is 0. The molecule has 0 aliphatic carbocycles. The highest BCUT2D eigenvalue weighted by Crippen LogP contribution is 2.33. The zero-order valence-electron chi connectivity index (χ0n) is 12.7. The van der Waals surface area contributed by atoms with Gasteiger partial charge in [-0.15, -0.1) is 0 Å². The first-order chi connectivity index (χ1) is 11.1. The third-order valence-electron chi connectivity index (χ3n) is 3.90. The molecule has 1 atom stereocenters. The van der Waals surface area contributed by atoms with Crippen LogP contribution in [0.3, 0.4) is 0 Å². The molecule has 1 amide bonds. The molecule has 23 heavy (non-hydrogen) atoms. The summed E-state index contributed by atoms with van der Waals surface area (Å²) in [5, 5.41) is 6.67. The van der Waals surface area contributed by atoms with Gasteiger partial charge in [-0.3, -0.25) is 4.79 Å². The number of hydrazone groups is 1. The van der Waals surface area contributed by atoms with E-state index in [1.165, 1.54) is 17.1 Å². The monoisotopic (exact) mass is 330 g/mol. The predicted molar refractivity (Wildman–Crippen MR) is 88.9 cm³/mol. The molecule has 0 N–H and O–H groups in total. The lowest BCUT2D eigenvalue weighted by molar-refractivity contribution is -0.132. The second kappa shape index (κ2) is 6.50. The molecule has 0 saturated carbocycles. The van der Waals surface area contributed by atoms with Gasteiger partial charge in [-0.25, -0.2) is 9.40 Å². The van der Waals surface area contributed by atoms with Crippen molar-refractivity contribution < 1.29 is 9.18 Å². The fourth-order valence-electron chi connectivity index (χ4n) is 2.66. The van der Waals surface area contributed by atoms with Crippen LogP contribution in [-0.2, 0) is 4.79 Å². The molecule has 0 bridgehead atoms. The van der Waals surface area contributed by atoms with E-state index in [-0.39, 0.29) is 17.8 Å². The Morgan fingerprint density at radius 3 is 2.48 bits per heavy atom. The van der Waals surface area contributed by atoms with Gasteiger partial charge in [-0.2, -0.15) is 5.10 Å². The molecule has 2 aromatic carbocycles. The number of hydrogen-bond acceptors (Lipinski definition) is 2. The SMILES string of the molecule is CCC(=O)N1N=C(c2ccc(F)cc2)CC1c1ccc(Cl)cc1. The van der Waals surface area contributed by atoms with Crippen molar-refractivity contribution in [3.63, 3.8) is 0 Å². The largest absolute Gasteiger partial charge is 0.273 e. The molecule has 1 aliphatic rings. The Morgan fingerprint density at radius 2 is 1.87 bits per heavy atom. The minimum absolute atomic E-state index is 0.0398. The van der Waals surface area contributed by atoms with Crippen LogP contribution in [0.4, 0.5) is 4.39 Å². The molecular formula is C18H16ClFN2O. The van der Waals surface area contributed by atoms with E-state index in [9.17, 15) is 9.18 Å². The number of halogens is 2. The average Bonchev–Trinajstić information content (AvgIpc) is 3.00. The van der Waals surface area contributed by atoms with E-state index in [0.717, 1.165) is 16.8 Å². The number of carbonyl (C=O) groups excluding carboxylic acids is 1. The maximum absolute atomic E-state index is 13.1. The minimum atomic E-state index is -0.289. The smallest absolute Gasteiger partial charge is 0.242 e. The first-order valence-corrected chi connectivity index (χ1v) is 7.87. The first kappa shape index (κ1) is 15.7. The van der Waals surface area contributed by atoms with Crippen molar-refractivity contribution in [2.24, 2.45) is 5.10 Å². The van der Waals surface area contributed by atoms with Gasteiger partial charge in [0.25, 0.3) is 0 Å². The zero-order chi connectivity index (χ0) is 16.4. The molecule has 0 saturated heterocycles. The van der Waals surface area contributed by atoms with Crippen molar-refractivity contribution in [1.29, 1.82) is 0 Å². The summed E-state index contributed by atoms with van der Waals surface area (Å²) in [5.41, 5.74) is 2.60. The zero-order valence-corrected chi connectivity index (χ0v) is 13.4. The van der Waals surface area contributed by atoms with E-state index >= 15 is 0 Å². The Kier molecular flexibility index (Phi) is 4.44. The van der Waals surface area contributed by atoms with E-state index in [1.807, 2.05) is 19.1 Å². The van der Waals surface area contributed by atoms with E-state index in [4.69, 9.17) is 11.6 Å². The quantitative estimate of drug-likeness (QED) is 0.811. The van der Waals surface area contributed by atoms with Crippen LogP contribution < -0.4 is 0 Å². The van der Waals surface area contributed by atoms with Crippen LogP contribution in [0.2, 0.25) is 5.02 Å². The van der Waals surface area contributed by atoms with Gasteiger partial charge < -0.3 is 0 Å². The number of amides is 1. The minimum Gasteiger partial charge on any atom is -0.273 e. The van der Waals surface area contributed by atoms with E-state index in [2.05, 4.69) is 5.10 Å². The van der Waals surface area contributed by atoms with Crippen LogP contribution in [0.25, 0.3) is 0 Å². The fraction of sp³-hybridized carbons (Fsp3) is 0.222. The van der Waals surface area contributed by atoms with E-state index < -0.39 is 0 Å². The van der Waals surface area contributed by atoms with Gasteiger partial charge in [-0.1, -0.05) is 42.8 Å². The molecule has 0 radical (unpaired) electrons. The van der Waals surface area contributed by atoms with Crippen LogP contribution in [0, 0.1) is 5.82 Å². The lowest BCUT2D eigenvalue weighted by atomic mass is 9.98. The highest BCUT2D eigenvalue weighted by molar-refractivity contribution is 6.30. The Hall–Kier alpha value is -2.20. The van der Waals surface area contributed by atoms with Crippen molar-refractivity contribution in [1.82, 2.24) is 5.01 Å². The molecule has 3 rings (SSSR count). The fourth-order valence-corrected chi connectivity index (χ4v) is 2.79. The molecule has 1 heterocycles. The van der Waals surface area contributed by atoms with Crippen molar-refractivity contribution in [2.45, 2.75) is 25.8 Å². The highest BCUT2D eigenvalue weighted by Gasteiger charge is 2.32. The van der Waals surface area contributed by atoms with Crippen molar-refractivity contribution in [2.75, 3.05) is 0 Å². The third kappa shape index (κ3) is 3.27. The maximum Gasteiger partial charge on any atom is 0.242 e. The lowest BCUT2D eigenvalue weighted by Crippen LogP contribution is -2.26. The normalized spacial score (nSPS) is 17.3. The molecular weight excluding hydrogens is 315 g/mol. The van der Waals surface area contributed by atoms with Crippen molar-refractivity contribution in [3.8, 4) is 0 Å². The molecule has 0 aromatic heterocycles. The van der Waals surface area contributed by atoms with Crippen molar-refractivity contribution in [3.05, 3.63) is 70.5 Å². The van der Waals surface area contributed by atoms with Crippen molar-refractivity contribution >= 4 is 23.2 Å². The van der Waals surface area contributed by atoms with Gasteiger partial charge in [0, 0.05) is 17.9 Å². The van der Waals surface area contributed by atoms with Crippen LogP contribution in [0.15, 0.2) is 53.6 Å². The predicted octanol–water partition coefficient (Wildman–Crippen LogP) is 4.57. The highest BCUT2D eigenvalue weighted by atomic mass is 35.5. The van der Waals surface area contributed by atoms with Crippen LogP contribution in [0.5, 0.6) is 0 Å². The summed E-state index contributed by atoms with van der Waals surface area (Å²) in [6.45, 7) is 1.81. The Balaban J connectivity index is 1.93. The third-order valence-corrected chi connectivity index (χ3v) is 4.15. The molecule has 0 fully saturated rings. The number of hydrogen-bond donors (Lipinski definition) is 0. The summed E-state index contributed by atoms with van der Waals surface area (Å²) in [6, 6.07) is 13.5. The summed E-state index contributed by atoms with van der Waals surface area (Å²) >= 11 is 5.94. The van der Waals surface area contributed by atoms with Crippen LogP contribution in [-0.4, -0.2) is 16.6 Å². The van der Waals surface area contributed by atoms with Gasteiger partial charge in [0.1, 0.15) is 5.82 Å². The van der Waals surface area contributed by atoms with E-state index in [1.54, 1.807) is 24.3 Å².